The van der Waals surface area contributed by atoms with Crippen molar-refractivity contribution in [1.29, 1.82) is 0 Å². The molecule has 3 rings (SSSR count). The summed E-state index contributed by atoms with van der Waals surface area (Å²) < 4.78 is 27.4. The Morgan fingerprint density at radius 2 is 1.69 bits per heavy atom. The number of amides is 2. The average Bonchev–Trinajstić information content (AvgIpc) is 2.90. The monoisotopic (exact) mass is 633 g/mol. The van der Waals surface area contributed by atoms with Crippen LogP contribution in [-0.2, 0) is 32.6 Å². The smallest absolute Gasteiger partial charge is 0.244 e. The van der Waals surface area contributed by atoms with Crippen LogP contribution in [0.4, 0.5) is 5.69 Å². The van der Waals surface area contributed by atoms with Crippen LogP contribution in [0.15, 0.2) is 83.3 Å². The number of anilines is 1. The highest BCUT2D eigenvalue weighted by atomic mass is 79.9. The molecule has 1 N–H and O–H groups in total. The van der Waals surface area contributed by atoms with E-state index in [0.717, 1.165) is 29.0 Å². The van der Waals surface area contributed by atoms with Gasteiger partial charge >= 0.3 is 0 Å². The van der Waals surface area contributed by atoms with Crippen molar-refractivity contribution in [3.63, 3.8) is 0 Å². The van der Waals surface area contributed by atoms with E-state index < -0.39 is 28.5 Å². The number of carbonyl (C=O) groups is 2. The molecule has 3 aromatic rings. The van der Waals surface area contributed by atoms with Gasteiger partial charge in [0.1, 0.15) is 12.6 Å². The summed E-state index contributed by atoms with van der Waals surface area (Å²) in [5.74, 6) is -0.826. The fourth-order valence-electron chi connectivity index (χ4n) is 4.12. The van der Waals surface area contributed by atoms with Gasteiger partial charge < -0.3 is 10.2 Å². The fraction of sp³-hybridized carbons (Fsp3) is 0.310. The number of sulfonamides is 1. The molecule has 208 valence electrons. The Kier molecular flexibility index (Phi) is 11.4. The van der Waals surface area contributed by atoms with E-state index in [0.29, 0.717) is 27.3 Å². The number of hydrogen-bond acceptors (Lipinski definition) is 4. The first-order valence-electron chi connectivity index (χ1n) is 12.7. The average molecular weight is 635 g/mol. The van der Waals surface area contributed by atoms with Crippen molar-refractivity contribution in [2.45, 2.75) is 38.8 Å². The first-order valence-corrected chi connectivity index (χ1v) is 15.7. The lowest BCUT2D eigenvalue weighted by Crippen LogP contribution is -2.53. The van der Waals surface area contributed by atoms with Crippen LogP contribution in [0.5, 0.6) is 0 Å². The lowest BCUT2D eigenvalue weighted by atomic mass is 10.0. The lowest BCUT2D eigenvalue weighted by Gasteiger charge is -2.33. The number of nitrogens with zero attached hydrogens (tertiary/aromatic N) is 2. The maximum atomic E-state index is 14.0. The molecule has 0 aliphatic rings. The van der Waals surface area contributed by atoms with Crippen LogP contribution in [0, 0.1) is 0 Å². The molecule has 0 aromatic heterocycles. The molecule has 10 heteroatoms. The van der Waals surface area contributed by atoms with E-state index in [9.17, 15) is 18.0 Å². The summed E-state index contributed by atoms with van der Waals surface area (Å²) in [6, 6.07) is 22.4. The van der Waals surface area contributed by atoms with Gasteiger partial charge in [-0.05, 0) is 41.8 Å². The molecule has 2 amide bonds. The van der Waals surface area contributed by atoms with E-state index in [-0.39, 0.29) is 18.9 Å². The normalized spacial score (nSPS) is 12.0. The second kappa shape index (κ2) is 14.5. The van der Waals surface area contributed by atoms with Gasteiger partial charge in [-0.3, -0.25) is 13.9 Å². The lowest BCUT2D eigenvalue weighted by molar-refractivity contribution is -0.140. The minimum atomic E-state index is -3.83. The summed E-state index contributed by atoms with van der Waals surface area (Å²) in [5.41, 5.74) is 1.86. The van der Waals surface area contributed by atoms with Gasteiger partial charge in [0, 0.05) is 29.0 Å². The topological polar surface area (TPSA) is 86.8 Å². The van der Waals surface area contributed by atoms with Crippen LogP contribution in [-0.4, -0.2) is 50.5 Å². The summed E-state index contributed by atoms with van der Waals surface area (Å²) in [5, 5.41) is 3.41. The molecule has 0 aliphatic carbocycles. The molecule has 7 nitrogen and oxygen atoms in total. The predicted octanol–water partition coefficient (Wildman–Crippen LogP) is 5.42. The number of halogens is 2. The molecule has 1 atom stereocenters. The molecule has 3 aromatic carbocycles. The SMILES string of the molecule is CCCCNC(=O)[C@H](Cc1ccccc1)N(Cc1ccccc1Cl)C(=O)CN(c1cccc(Br)c1)S(C)(=O)=O. The first kappa shape index (κ1) is 30.7. The summed E-state index contributed by atoms with van der Waals surface area (Å²) in [6.07, 6.45) is 3.01. The first-order chi connectivity index (χ1) is 18.6. The highest BCUT2D eigenvalue weighted by Crippen LogP contribution is 2.24. The number of carbonyl (C=O) groups excluding carboxylic acids is 2. The second-order valence-corrected chi connectivity index (χ2v) is 12.4. The van der Waals surface area contributed by atoms with Crippen molar-refractivity contribution in [2.75, 3.05) is 23.7 Å². The molecule has 0 saturated carbocycles. The molecular formula is C29H33BrClN3O4S. The summed E-state index contributed by atoms with van der Waals surface area (Å²) in [6.45, 7) is 2.06. The summed E-state index contributed by atoms with van der Waals surface area (Å²) in [7, 11) is -3.83. The van der Waals surface area contributed by atoms with Gasteiger partial charge in [-0.15, -0.1) is 0 Å². The Labute approximate surface area is 244 Å². The molecule has 0 aliphatic heterocycles. The third-order valence-corrected chi connectivity index (χ3v) is 8.18. The minimum Gasteiger partial charge on any atom is -0.354 e. The predicted molar refractivity (Wildman–Crippen MR) is 160 cm³/mol. The zero-order valence-corrected chi connectivity index (χ0v) is 25.2. The highest BCUT2D eigenvalue weighted by molar-refractivity contribution is 9.10. The van der Waals surface area contributed by atoms with Gasteiger partial charge in [-0.2, -0.15) is 0 Å². The number of nitrogens with one attached hydrogen (secondary N) is 1. The van der Waals surface area contributed by atoms with E-state index >= 15 is 0 Å². The Morgan fingerprint density at radius 1 is 1.00 bits per heavy atom. The van der Waals surface area contributed by atoms with Crippen LogP contribution in [0.3, 0.4) is 0 Å². The number of benzene rings is 3. The van der Waals surface area contributed by atoms with Crippen molar-refractivity contribution >= 4 is 55.1 Å². The molecular weight excluding hydrogens is 602 g/mol. The zero-order valence-electron chi connectivity index (χ0n) is 22.0. The third kappa shape index (κ3) is 9.08. The van der Waals surface area contributed by atoms with E-state index in [1.807, 2.05) is 43.3 Å². The number of unbranched alkanes of at least 4 members (excludes halogenated alkanes) is 1. The largest absolute Gasteiger partial charge is 0.354 e. The van der Waals surface area contributed by atoms with E-state index in [2.05, 4.69) is 21.2 Å². The van der Waals surface area contributed by atoms with Gasteiger partial charge in [0.05, 0.1) is 11.9 Å². The van der Waals surface area contributed by atoms with Crippen molar-refractivity contribution in [1.82, 2.24) is 10.2 Å². The molecule has 0 bridgehead atoms. The Hall–Kier alpha value is -2.88. The standard InChI is InChI=1S/C29H33BrClN3O4S/c1-3-4-17-32-29(36)27(18-22-11-6-5-7-12-22)33(20-23-13-8-9-16-26(23)31)28(35)21-34(39(2,37)38)25-15-10-14-24(30)19-25/h5-16,19,27H,3-4,17-18,20-21H2,1-2H3,(H,32,36)/t27-/m0/s1. The van der Waals surface area contributed by atoms with E-state index in [1.165, 1.54) is 4.90 Å². The maximum absolute atomic E-state index is 14.0. The van der Waals surface area contributed by atoms with Crippen LogP contribution in [0.2, 0.25) is 5.02 Å². The van der Waals surface area contributed by atoms with Gasteiger partial charge in [-0.25, -0.2) is 8.42 Å². The molecule has 0 unspecified atom stereocenters. The van der Waals surface area contributed by atoms with Crippen LogP contribution in [0.1, 0.15) is 30.9 Å². The molecule has 0 saturated heterocycles. The molecule has 0 heterocycles. The molecule has 0 spiro atoms. The molecule has 39 heavy (non-hydrogen) atoms. The van der Waals surface area contributed by atoms with E-state index in [1.54, 1.807) is 42.5 Å². The van der Waals surface area contributed by atoms with Crippen LogP contribution >= 0.6 is 27.5 Å². The van der Waals surface area contributed by atoms with Gasteiger partial charge in [0.2, 0.25) is 21.8 Å². The summed E-state index contributed by atoms with van der Waals surface area (Å²) in [4.78, 5) is 29.0. The molecule has 0 fully saturated rings. The number of hydrogen-bond donors (Lipinski definition) is 1. The zero-order chi connectivity index (χ0) is 28.4. The quantitative estimate of drug-likeness (QED) is 0.254. The Balaban J connectivity index is 2.04. The number of rotatable bonds is 13. The molecule has 0 radical (unpaired) electrons. The fourth-order valence-corrected chi connectivity index (χ4v) is 5.54. The second-order valence-electron chi connectivity index (χ2n) is 9.21. The van der Waals surface area contributed by atoms with Gasteiger partial charge in [-0.1, -0.05) is 95.5 Å². The van der Waals surface area contributed by atoms with Crippen LogP contribution in [0.25, 0.3) is 0 Å². The third-order valence-electron chi connectivity index (χ3n) is 6.17. The van der Waals surface area contributed by atoms with Gasteiger partial charge in [0.15, 0.2) is 0 Å². The minimum absolute atomic E-state index is 0.0350. The van der Waals surface area contributed by atoms with E-state index in [4.69, 9.17) is 11.6 Å². The van der Waals surface area contributed by atoms with Crippen LogP contribution < -0.4 is 9.62 Å². The Bertz CT molecular complexity index is 1370. The van der Waals surface area contributed by atoms with Crippen molar-refractivity contribution in [3.8, 4) is 0 Å². The maximum Gasteiger partial charge on any atom is 0.244 e. The van der Waals surface area contributed by atoms with Crippen molar-refractivity contribution in [2.24, 2.45) is 0 Å². The Morgan fingerprint density at radius 3 is 2.33 bits per heavy atom. The van der Waals surface area contributed by atoms with Crippen molar-refractivity contribution < 1.29 is 18.0 Å². The van der Waals surface area contributed by atoms with Crippen molar-refractivity contribution in [3.05, 3.63) is 99.5 Å². The highest BCUT2D eigenvalue weighted by Gasteiger charge is 2.33. The summed E-state index contributed by atoms with van der Waals surface area (Å²) >= 11 is 9.83. The van der Waals surface area contributed by atoms with Gasteiger partial charge in [0.25, 0.3) is 0 Å².